The number of hydrogen-bond donors (Lipinski definition) is 1. The molecule has 5 rings (SSSR count). The van der Waals surface area contributed by atoms with Gasteiger partial charge >= 0.3 is 0 Å². The summed E-state index contributed by atoms with van der Waals surface area (Å²) in [5.74, 6) is 0.715. The molecule has 0 fully saturated rings. The molecule has 1 aromatic heterocycles. The van der Waals surface area contributed by atoms with Crippen LogP contribution in [0.2, 0.25) is 0 Å². The molecule has 0 spiro atoms. The van der Waals surface area contributed by atoms with E-state index in [1.807, 2.05) is 71.0 Å². The summed E-state index contributed by atoms with van der Waals surface area (Å²) in [6.45, 7) is 3.14. The van der Waals surface area contributed by atoms with Crippen molar-refractivity contribution in [3.8, 4) is 0 Å². The lowest BCUT2D eigenvalue weighted by Crippen LogP contribution is -2.46. The summed E-state index contributed by atoms with van der Waals surface area (Å²) in [4.78, 5) is 33.5. The van der Waals surface area contributed by atoms with Crippen molar-refractivity contribution in [2.75, 3.05) is 6.54 Å². The number of rotatable bonds is 7. The molecule has 1 N–H and O–H groups in total. The van der Waals surface area contributed by atoms with Crippen molar-refractivity contribution in [3.63, 3.8) is 0 Å². The van der Waals surface area contributed by atoms with Crippen LogP contribution >= 0.6 is 0 Å². The van der Waals surface area contributed by atoms with Gasteiger partial charge in [0.1, 0.15) is 11.9 Å². The molecule has 2 amide bonds. The first-order valence-electron chi connectivity index (χ1n) is 12.4. The number of benzene rings is 2. The zero-order valence-electron chi connectivity index (χ0n) is 19.7. The Bertz CT molecular complexity index is 1210. The van der Waals surface area contributed by atoms with Gasteiger partial charge in [-0.05, 0) is 56.7 Å². The lowest BCUT2D eigenvalue weighted by atomic mass is 9.97. The molecule has 1 aliphatic heterocycles. The highest BCUT2D eigenvalue weighted by Crippen LogP contribution is 2.37. The molecular weight excluding hydrogens is 424 g/mol. The topological polar surface area (TPSA) is 67.2 Å². The minimum absolute atomic E-state index is 0.0304. The van der Waals surface area contributed by atoms with E-state index in [1.54, 1.807) is 0 Å². The molecule has 2 aliphatic rings. The zero-order valence-corrected chi connectivity index (χ0v) is 19.7. The Kier molecular flexibility index (Phi) is 6.48. The maximum Gasteiger partial charge on any atom is 0.247 e. The number of aromatic nitrogens is 2. The van der Waals surface area contributed by atoms with Gasteiger partial charge in [-0.1, -0.05) is 54.1 Å². The maximum absolute atomic E-state index is 13.8. The highest BCUT2D eigenvalue weighted by molar-refractivity contribution is 5.90. The van der Waals surface area contributed by atoms with Crippen LogP contribution in [0.15, 0.2) is 66.2 Å². The molecule has 176 valence electrons. The van der Waals surface area contributed by atoms with E-state index in [2.05, 4.69) is 11.4 Å². The largest absolute Gasteiger partial charge is 0.356 e. The van der Waals surface area contributed by atoms with E-state index >= 15 is 0 Å². The van der Waals surface area contributed by atoms with E-state index in [0.717, 1.165) is 41.7 Å². The quantitative estimate of drug-likeness (QED) is 0.504. The van der Waals surface area contributed by atoms with Crippen LogP contribution in [0.3, 0.4) is 0 Å². The number of nitrogens with zero attached hydrogens (tertiary/aromatic N) is 3. The molecule has 6 heteroatoms. The molecule has 3 aromatic rings. The van der Waals surface area contributed by atoms with Gasteiger partial charge in [-0.3, -0.25) is 9.59 Å². The first-order chi connectivity index (χ1) is 16.6. The molecule has 2 heterocycles. The van der Waals surface area contributed by atoms with Crippen LogP contribution in [0, 0.1) is 0 Å². The van der Waals surface area contributed by atoms with Crippen molar-refractivity contribution >= 4 is 22.8 Å². The molecule has 0 unspecified atom stereocenters. The SMILES string of the molecule is C[C@H]1c2nc3ccccc3n2[C@H](CC(=O)NCCC2=CCCCC2)C(=O)N1Cc1ccccc1. The molecule has 1 aliphatic carbocycles. The number of para-hydroxylation sites is 2. The normalized spacial score (nSPS) is 20.2. The van der Waals surface area contributed by atoms with Crippen molar-refractivity contribution in [1.82, 2.24) is 19.8 Å². The smallest absolute Gasteiger partial charge is 0.247 e. The average Bonchev–Trinajstić information content (AvgIpc) is 3.25. The van der Waals surface area contributed by atoms with Crippen LogP contribution in [-0.2, 0) is 16.1 Å². The number of amides is 2. The van der Waals surface area contributed by atoms with Gasteiger partial charge in [0.05, 0.1) is 23.5 Å². The van der Waals surface area contributed by atoms with Crippen LogP contribution in [0.25, 0.3) is 11.0 Å². The Morgan fingerprint density at radius 2 is 1.88 bits per heavy atom. The van der Waals surface area contributed by atoms with Crippen molar-refractivity contribution in [1.29, 1.82) is 0 Å². The molecule has 0 saturated carbocycles. The van der Waals surface area contributed by atoms with E-state index in [1.165, 1.54) is 18.4 Å². The lowest BCUT2D eigenvalue weighted by molar-refractivity contribution is -0.142. The third-order valence-electron chi connectivity index (χ3n) is 7.07. The van der Waals surface area contributed by atoms with Crippen molar-refractivity contribution in [2.45, 2.75) is 64.1 Å². The number of carbonyl (C=O) groups excluding carboxylic acids is 2. The average molecular weight is 457 g/mol. The molecule has 34 heavy (non-hydrogen) atoms. The molecular formula is C28H32N4O2. The fourth-order valence-electron chi connectivity index (χ4n) is 5.23. The Balaban J connectivity index is 1.39. The lowest BCUT2D eigenvalue weighted by Gasteiger charge is -2.38. The van der Waals surface area contributed by atoms with Crippen molar-refractivity contribution in [2.24, 2.45) is 0 Å². The Morgan fingerprint density at radius 1 is 1.09 bits per heavy atom. The number of fused-ring (bicyclic) bond motifs is 3. The second kappa shape index (κ2) is 9.84. The van der Waals surface area contributed by atoms with Gasteiger partial charge in [-0.15, -0.1) is 0 Å². The third-order valence-corrected chi connectivity index (χ3v) is 7.07. The fourth-order valence-corrected chi connectivity index (χ4v) is 5.23. The summed E-state index contributed by atoms with van der Waals surface area (Å²) >= 11 is 0. The highest BCUT2D eigenvalue weighted by Gasteiger charge is 2.40. The summed E-state index contributed by atoms with van der Waals surface area (Å²) < 4.78 is 1.99. The predicted octanol–water partition coefficient (Wildman–Crippen LogP) is 5.08. The third kappa shape index (κ3) is 4.49. The van der Waals surface area contributed by atoms with Gasteiger partial charge < -0.3 is 14.8 Å². The second-order valence-electron chi connectivity index (χ2n) is 9.38. The fraction of sp³-hybridized carbons (Fsp3) is 0.393. The van der Waals surface area contributed by atoms with E-state index in [-0.39, 0.29) is 24.3 Å². The minimum atomic E-state index is -0.601. The van der Waals surface area contributed by atoms with Gasteiger partial charge in [0.2, 0.25) is 11.8 Å². The number of nitrogens with one attached hydrogen (secondary N) is 1. The van der Waals surface area contributed by atoms with Crippen LogP contribution in [0.1, 0.15) is 68.9 Å². The van der Waals surface area contributed by atoms with Gasteiger partial charge in [0.25, 0.3) is 0 Å². The summed E-state index contributed by atoms with van der Waals surface area (Å²) in [6, 6.07) is 17.1. The summed E-state index contributed by atoms with van der Waals surface area (Å²) in [5, 5.41) is 3.06. The maximum atomic E-state index is 13.8. The molecule has 0 bridgehead atoms. The second-order valence-corrected chi connectivity index (χ2v) is 9.38. The molecule has 0 radical (unpaired) electrons. The van der Waals surface area contributed by atoms with Crippen molar-refractivity contribution < 1.29 is 9.59 Å². The zero-order chi connectivity index (χ0) is 23.5. The van der Waals surface area contributed by atoms with Crippen LogP contribution in [0.5, 0.6) is 0 Å². The van der Waals surface area contributed by atoms with E-state index in [0.29, 0.717) is 13.1 Å². The highest BCUT2D eigenvalue weighted by atomic mass is 16.2. The molecule has 2 atom stereocenters. The van der Waals surface area contributed by atoms with Crippen LogP contribution in [-0.4, -0.2) is 32.8 Å². The minimum Gasteiger partial charge on any atom is -0.356 e. The Hall–Kier alpha value is -3.41. The van der Waals surface area contributed by atoms with Gasteiger partial charge in [0, 0.05) is 13.1 Å². The number of carbonyl (C=O) groups is 2. The first-order valence-corrected chi connectivity index (χ1v) is 12.4. The van der Waals surface area contributed by atoms with Gasteiger partial charge in [0.15, 0.2) is 0 Å². The monoisotopic (exact) mass is 456 g/mol. The van der Waals surface area contributed by atoms with E-state index in [9.17, 15) is 9.59 Å². The molecule has 0 saturated heterocycles. The Labute approximate surface area is 200 Å². The summed E-state index contributed by atoms with van der Waals surface area (Å²) in [5.41, 5.74) is 4.26. The molecule has 6 nitrogen and oxygen atoms in total. The van der Waals surface area contributed by atoms with Gasteiger partial charge in [-0.25, -0.2) is 4.98 Å². The first kappa shape index (κ1) is 22.4. The number of imidazole rings is 1. The number of hydrogen-bond acceptors (Lipinski definition) is 3. The Morgan fingerprint density at radius 3 is 2.68 bits per heavy atom. The standard InChI is InChI=1S/C28H32N4O2/c1-20-27-30-23-14-8-9-15-24(23)32(27)25(28(34)31(20)19-22-12-6-3-7-13-22)18-26(33)29-17-16-21-10-4-2-5-11-21/h3,6-10,12-15,20,25H,2,4-5,11,16-19H2,1H3,(H,29,33)/t20-,25+/m0/s1. The van der Waals surface area contributed by atoms with Crippen LogP contribution < -0.4 is 5.32 Å². The number of allylic oxidation sites excluding steroid dienone is 1. The van der Waals surface area contributed by atoms with Gasteiger partial charge in [-0.2, -0.15) is 0 Å². The summed E-state index contributed by atoms with van der Waals surface area (Å²) in [7, 11) is 0. The molecule has 2 aromatic carbocycles. The van der Waals surface area contributed by atoms with Crippen LogP contribution in [0.4, 0.5) is 0 Å². The van der Waals surface area contributed by atoms with Crippen molar-refractivity contribution in [3.05, 3.63) is 77.6 Å². The van der Waals surface area contributed by atoms with E-state index < -0.39 is 6.04 Å². The summed E-state index contributed by atoms with van der Waals surface area (Å²) in [6.07, 6.45) is 8.09. The predicted molar refractivity (Wildman–Crippen MR) is 133 cm³/mol. The van der Waals surface area contributed by atoms with E-state index in [4.69, 9.17) is 4.98 Å².